The number of benzene rings is 4. The summed E-state index contributed by atoms with van der Waals surface area (Å²) in [5.41, 5.74) is 7.22. The number of hydrogen-bond acceptors (Lipinski definition) is 12. The summed E-state index contributed by atoms with van der Waals surface area (Å²) in [6, 6.07) is 19.3. The molecule has 0 spiro atoms. The van der Waals surface area contributed by atoms with Gasteiger partial charge in [-0.3, -0.25) is 19.2 Å². The number of fused-ring (bicyclic) bond motifs is 2. The van der Waals surface area contributed by atoms with E-state index in [0.29, 0.717) is 99.7 Å². The number of nitrogens with one attached hydrogen (secondary N) is 2. The number of rotatable bonds is 12. The molecule has 0 radical (unpaired) electrons. The zero-order valence-corrected chi connectivity index (χ0v) is 39.4. The zero-order valence-electron chi connectivity index (χ0n) is 39.4. The van der Waals surface area contributed by atoms with E-state index in [9.17, 15) is 29.4 Å². The van der Waals surface area contributed by atoms with Crippen LogP contribution >= 0.6 is 0 Å². The van der Waals surface area contributed by atoms with Crippen LogP contribution in [-0.2, 0) is 63.8 Å². The number of ether oxygens (including phenoxy) is 8. The van der Waals surface area contributed by atoms with E-state index in [0.717, 1.165) is 44.5 Å². The fraction of sp³-hybridized carbons (Fsp3) is 0.462. The molecular weight excluding hydrogens is 877 g/mol. The van der Waals surface area contributed by atoms with E-state index in [-0.39, 0.29) is 64.3 Å². The first kappa shape index (κ1) is 51.2. The van der Waals surface area contributed by atoms with Gasteiger partial charge in [-0.1, -0.05) is 36.4 Å². The Hall–Kier alpha value is -6.20. The highest BCUT2D eigenvalue weighted by Gasteiger charge is 2.25. The van der Waals surface area contributed by atoms with Crippen molar-refractivity contribution in [3.05, 3.63) is 105 Å². The highest BCUT2D eigenvalue weighted by Crippen LogP contribution is 2.41. The number of aliphatic carboxylic acids is 2. The molecule has 16 nitrogen and oxygen atoms in total. The van der Waals surface area contributed by atoms with Crippen molar-refractivity contribution in [2.75, 3.05) is 76.7 Å². The minimum atomic E-state index is -1.07. The van der Waals surface area contributed by atoms with Crippen LogP contribution in [0.4, 0.5) is 11.4 Å². The fourth-order valence-corrected chi connectivity index (χ4v) is 8.03. The van der Waals surface area contributed by atoms with E-state index in [4.69, 9.17) is 37.9 Å². The second-order valence-electron chi connectivity index (χ2n) is 17.1. The number of carboxylic acid groups (broad SMARTS) is 2. The lowest BCUT2D eigenvalue weighted by Crippen LogP contribution is -2.17. The fourth-order valence-electron chi connectivity index (χ4n) is 8.03. The first-order valence-corrected chi connectivity index (χ1v) is 23.3. The molecule has 0 fully saturated rings. The molecule has 10 bridgehead atoms. The molecule has 0 saturated carbocycles. The number of hydrogen-bond donors (Lipinski definition) is 4. The molecule has 0 atom stereocenters. The Morgan fingerprint density at radius 1 is 0.471 bits per heavy atom. The predicted octanol–water partition coefficient (Wildman–Crippen LogP) is 7.38. The van der Waals surface area contributed by atoms with Crippen LogP contribution in [0.3, 0.4) is 0 Å². The van der Waals surface area contributed by atoms with E-state index in [1.165, 1.54) is 0 Å². The van der Waals surface area contributed by atoms with E-state index in [1.54, 1.807) is 0 Å². The average Bonchev–Trinajstić information content (AvgIpc) is 3.27. The summed E-state index contributed by atoms with van der Waals surface area (Å²) in [7, 11) is 0. The highest BCUT2D eigenvalue weighted by atomic mass is 16.6. The van der Waals surface area contributed by atoms with Crippen LogP contribution in [0, 0.1) is 0 Å². The van der Waals surface area contributed by atoms with Crippen LogP contribution in [0.5, 0.6) is 23.0 Å². The third-order valence-electron chi connectivity index (χ3n) is 10.8. The molecule has 1 aliphatic heterocycles. The van der Waals surface area contributed by atoms with Crippen molar-refractivity contribution in [2.24, 2.45) is 0 Å². The van der Waals surface area contributed by atoms with E-state index in [1.807, 2.05) is 88.4 Å². The van der Waals surface area contributed by atoms with Crippen LogP contribution in [-0.4, -0.2) is 112 Å². The molecule has 4 aromatic carbocycles. The Kier molecular flexibility index (Phi) is 19.4. The summed E-state index contributed by atoms with van der Waals surface area (Å²) in [5.74, 6) is -0.565. The van der Waals surface area contributed by atoms with Crippen molar-refractivity contribution in [3.63, 3.8) is 0 Å². The van der Waals surface area contributed by atoms with Gasteiger partial charge in [0.2, 0.25) is 11.8 Å². The first-order chi connectivity index (χ1) is 32.8. The molecule has 366 valence electrons. The summed E-state index contributed by atoms with van der Waals surface area (Å²) in [6.45, 7) is 11.0. The Morgan fingerprint density at radius 3 is 1.04 bits per heavy atom. The summed E-state index contributed by atoms with van der Waals surface area (Å²) in [6.07, 6.45) is -0.322. The van der Waals surface area contributed by atoms with Gasteiger partial charge in [-0.15, -0.1) is 0 Å². The summed E-state index contributed by atoms with van der Waals surface area (Å²) >= 11 is 0. The molecule has 2 aliphatic rings. The molecule has 0 aromatic heterocycles. The average molecular weight is 941 g/mol. The number of carbonyl (C=O) groups excluding carboxylic acids is 2. The number of carbonyl (C=O) groups is 4. The lowest BCUT2D eigenvalue weighted by atomic mass is 9.90. The predicted molar refractivity (Wildman–Crippen MR) is 254 cm³/mol. The van der Waals surface area contributed by atoms with Gasteiger partial charge in [0.25, 0.3) is 0 Å². The van der Waals surface area contributed by atoms with Crippen molar-refractivity contribution < 1.29 is 67.3 Å². The van der Waals surface area contributed by atoms with Crippen molar-refractivity contribution in [3.8, 4) is 23.0 Å². The largest absolute Gasteiger partial charge is 0.491 e. The standard InChI is InChI=1S/C52H64N2O14/c1-33(2)67-51-39-25-35-7-5-9-37-27-41-31-44(54-46(56)12-14-48(59)60)32-42(52(41)68-34(3)4)28-38-10-6-8-36(26-40(51)30-43(29-39)53-45(55)11-13-47(57)58)50(38)66-24-22-64-20-18-62-16-15-61-17-19-63-21-23-65-49(35)37/h5-10,29-34H,11-28H2,1-4H3,(H,53,55)(H,54,56)(H,57,58)(H,59,60). The maximum absolute atomic E-state index is 13.2. The SMILES string of the molecule is CC(C)Oc1c2cc(NC(=O)CCC(=O)O)cc1Cc1cccc3c1OCCOCCOCCOCCOCCOc1c(cccc1Cc1cc(NC(=O)CCC(=O)O)cc(c1OC(C)C)C3)C2. The molecule has 4 aromatic rings. The van der Waals surface area contributed by atoms with Gasteiger partial charge in [-0.2, -0.15) is 0 Å². The van der Waals surface area contributed by atoms with Gasteiger partial charge in [0.15, 0.2) is 0 Å². The van der Waals surface area contributed by atoms with E-state index < -0.39 is 23.8 Å². The number of para-hydroxylation sites is 2. The monoisotopic (exact) mass is 940 g/mol. The Bertz CT molecular complexity index is 2110. The van der Waals surface area contributed by atoms with E-state index >= 15 is 0 Å². The second-order valence-corrected chi connectivity index (χ2v) is 17.1. The summed E-state index contributed by atoms with van der Waals surface area (Å²) in [5, 5.41) is 24.6. The van der Waals surface area contributed by atoms with Crippen LogP contribution in [0.2, 0.25) is 0 Å². The molecule has 4 N–H and O–H groups in total. The van der Waals surface area contributed by atoms with Crippen LogP contribution in [0.1, 0.15) is 97.9 Å². The van der Waals surface area contributed by atoms with Crippen LogP contribution in [0.15, 0.2) is 60.7 Å². The zero-order chi connectivity index (χ0) is 48.4. The highest BCUT2D eigenvalue weighted by molar-refractivity contribution is 5.93. The van der Waals surface area contributed by atoms with Gasteiger partial charge in [-0.05, 0) is 74.2 Å². The molecule has 68 heavy (non-hydrogen) atoms. The normalized spacial score (nSPS) is 15.1. The Balaban J connectivity index is 1.60. The summed E-state index contributed by atoms with van der Waals surface area (Å²) in [4.78, 5) is 49.3. The van der Waals surface area contributed by atoms with Crippen LogP contribution < -0.4 is 29.6 Å². The van der Waals surface area contributed by atoms with Gasteiger partial charge >= 0.3 is 11.9 Å². The Morgan fingerprint density at radius 2 is 0.765 bits per heavy atom. The van der Waals surface area contributed by atoms with E-state index in [2.05, 4.69) is 10.6 Å². The van der Waals surface area contributed by atoms with Crippen molar-refractivity contribution in [2.45, 2.75) is 91.3 Å². The maximum atomic E-state index is 13.2. The minimum Gasteiger partial charge on any atom is -0.491 e. The smallest absolute Gasteiger partial charge is 0.303 e. The number of carboxylic acids is 2. The maximum Gasteiger partial charge on any atom is 0.303 e. The minimum absolute atomic E-state index is 0.200. The molecule has 0 unspecified atom stereocenters. The van der Waals surface area contributed by atoms with Crippen molar-refractivity contribution >= 4 is 35.1 Å². The molecule has 2 amide bonds. The molecule has 6 rings (SSSR count). The number of amides is 2. The molecular formula is C52H64N2O14. The Labute approximate surface area is 397 Å². The summed E-state index contributed by atoms with van der Waals surface area (Å²) < 4.78 is 50.1. The third kappa shape index (κ3) is 15.7. The lowest BCUT2D eigenvalue weighted by Gasteiger charge is -2.25. The van der Waals surface area contributed by atoms with Gasteiger partial charge in [0.05, 0.1) is 77.9 Å². The first-order valence-electron chi connectivity index (χ1n) is 23.3. The molecule has 1 heterocycles. The molecule has 0 saturated heterocycles. The van der Waals surface area contributed by atoms with Crippen molar-refractivity contribution in [1.29, 1.82) is 0 Å². The van der Waals surface area contributed by atoms with Gasteiger partial charge in [0, 0.05) is 72.2 Å². The van der Waals surface area contributed by atoms with Crippen LogP contribution in [0.25, 0.3) is 0 Å². The quantitative estimate of drug-likeness (QED) is 0.0964. The second kappa shape index (κ2) is 25.8. The van der Waals surface area contributed by atoms with Gasteiger partial charge < -0.3 is 58.7 Å². The number of anilines is 2. The van der Waals surface area contributed by atoms with Gasteiger partial charge in [0.1, 0.15) is 36.2 Å². The third-order valence-corrected chi connectivity index (χ3v) is 10.8. The topological polar surface area (TPSA) is 207 Å². The molecule has 16 heteroatoms. The van der Waals surface area contributed by atoms with Gasteiger partial charge in [-0.25, -0.2) is 0 Å². The molecule has 1 aliphatic carbocycles. The van der Waals surface area contributed by atoms with Crippen molar-refractivity contribution in [1.82, 2.24) is 0 Å². The lowest BCUT2D eigenvalue weighted by molar-refractivity contribution is -0.138.